The molecule has 1 aliphatic rings. The highest BCUT2D eigenvalue weighted by molar-refractivity contribution is 5.61. The van der Waals surface area contributed by atoms with Gasteiger partial charge in [-0.25, -0.2) is 0 Å². The number of rotatable bonds is 6. The molecule has 2 unspecified atom stereocenters. The smallest absolute Gasteiger partial charge is 0.137 e. The van der Waals surface area contributed by atoms with E-state index in [0.717, 1.165) is 43.5 Å². The Hall–Kier alpha value is -1.38. The summed E-state index contributed by atoms with van der Waals surface area (Å²) in [5.74, 6) is 1.40. The molecule has 0 N–H and O–H groups in total. The van der Waals surface area contributed by atoms with Gasteiger partial charge in [-0.1, -0.05) is 13.3 Å². The third-order valence-electron chi connectivity index (χ3n) is 2.94. The number of aromatic nitrogens is 1. The number of aldehydes is 1. The molecule has 0 bridgehead atoms. The molecule has 0 spiro atoms. The fourth-order valence-corrected chi connectivity index (χ4v) is 1.80. The zero-order chi connectivity index (χ0) is 11.4. The van der Waals surface area contributed by atoms with Crippen LogP contribution in [0.3, 0.4) is 0 Å². The zero-order valence-corrected chi connectivity index (χ0v) is 9.56. The molecule has 0 aromatic carbocycles. The highest BCUT2D eigenvalue weighted by atomic mass is 16.5. The van der Waals surface area contributed by atoms with Gasteiger partial charge in [0.15, 0.2) is 0 Å². The van der Waals surface area contributed by atoms with Gasteiger partial charge in [0.25, 0.3) is 0 Å². The number of unbranched alkanes of at least 4 members (excludes halogenated alkanes) is 1. The van der Waals surface area contributed by atoms with Gasteiger partial charge >= 0.3 is 0 Å². The maximum absolute atomic E-state index is 10.6. The van der Waals surface area contributed by atoms with Crippen LogP contribution in [0.25, 0.3) is 0 Å². The molecule has 3 nitrogen and oxygen atoms in total. The van der Waals surface area contributed by atoms with Gasteiger partial charge in [-0.05, 0) is 30.4 Å². The van der Waals surface area contributed by atoms with Gasteiger partial charge in [-0.3, -0.25) is 4.98 Å². The maximum Gasteiger partial charge on any atom is 0.137 e. The minimum atomic E-state index is 0.202. The van der Waals surface area contributed by atoms with E-state index in [0.29, 0.717) is 5.92 Å². The first kappa shape index (κ1) is 11.1. The average Bonchev–Trinajstić information content (AvgIpc) is 3.09. The van der Waals surface area contributed by atoms with Crippen molar-refractivity contribution in [3.8, 4) is 5.75 Å². The summed E-state index contributed by atoms with van der Waals surface area (Å²) in [7, 11) is 0. The summed E-state index contributed by atoms with van der Waals surface area (Å²) in [6.07, 6.45) is 7.75. The van der Waals surface area contributed by atoms with Gasteiger partial charge in [0.2, 0.25) is 0 Å². The van der Waals surface area contributed by atoms with Gasteiger partial charge in [0, 0.05) is 12.1 Å². The van der Waals surface area contributed by atoms with Crippen molar-refractivity contribution in [2.24, 2.45) is 5.92 Å². The van der Waals surface area contributed by atoms with Crippen molar-refractivity contribution in [2.75, 3.05) is 6.61 Å². The van der Waals surface area contributed by atoms with Crippen LogP contribution >= 0.6 is 0 Å². The van der Waals surface area contributed by atoms with Gasteiger partial charge in [0.05, 0.1) is 12.8 Å². The monoisotopic (exact) mass is 219 g/mol. The number of pyridine rings is 1. The highest BCUT2D eigenvalue weighted by Crippen LogP contribution is 2.46. The second kappa shape index (κ2) is 5.10. The van der Waals surface area contributed by atoms with Crippen molar-refractivity contribution in [1.82, 2.24) is 4.98 Å². The van der Waals surface area contributed by atoms with Crippen molar-refractivity contribution in [2.45, 2.75) is 32.1 Å². The zero-order valence-electron chi connectivity index (χ0n) is 9.56. The lowest BCUT2D eigenvalue weighted by atomic mass is 10.1. The topological polar surface area (TPSA) is 39.2 Å². The van der Waals surface area contributed by atoms with Gasteiger partial charge in [0.1, 0.15) is 12.0 Å². The minimum Gasteiger partial charge on any atom is -0.492 e. The van der Waals surface area contributed by atoms with E-state index in [-0.39, 0.29) is 5.92 Å². The standard InChI is InChI=1S/C13H17NO2/c1-2-3-4-16-12-5-10(7-14-8-12)13-6-11(13)9-15/h5,7-9,11,13H,2-4,6H2,1H3. The molecule has 1 aliphatic carbocycles. The molecule has 2 atom stereocenters. The molecule has 3 heteroatoms. The first-order valence-electron chi connectivity index (χ1n) is 5.88. The van der Waals surface area contributed by atoms with Crippen LogP contribution < -0.4 is 4.74 Å². The van der Waals surface area contributed by atoms with E-state index in [2.05, 4.69) is 11.9 Å². The molecule has 1 saturated carbocycles. The van der Waals surface area contributed by atoms with Crippen LogP contribution in [0.5, 0.6) is 5.75 Å². The van der Waals surface area contributed by atoms with E-state index in [4.69, 9.17) is 4.74 Å². The predicted molar refractivity (Wildman–Crippen MR) is 61.6 cm³/mol. The van der Waals surface area contributed by atoms with Crippen molar-refractivity contribution >= 4 is 6.29 Å². The van der Waals surface area contributed by atoms with Crippen LogP contribution in [0.4, 0.5) is 0 Å². The number of carbonyl (C=O) groups is 1. The van der Waals surface area contributed by atoms with Crippen LogP contribution in [-0.2, 0) is 4.79 Å². The molecule has 0 amide bonds. The molecule has 16 heavy (non-hydrogen) atoms. The first-order chi connectivity index (χ1) is 7.85. The van der Waals surface area contributed by atoms with Crippen LogP contribution in [0.1, 0.15) is 37.7 Å². The molecule has 0 saturated heterocycles. The predicted octanol–water partition coefficient (Wildman–Crippen LogP) is 2.56. The SMILES string of the molecule is CCCCOc1cncc(C2CC2C=O)c1. The first-order valence-corrected chi connectivity index (χ1v) is 5.88. The molecule has 1 aromatic heterocycles. The summed E-state index contributed by atoms with van der Waals surface area (Å²) >= 11 is 0. The average molecular weight is 219 g/mol. The van der Waals surface area contributed by atoms with Gasteiger partial charge in [-0.15, -0.1) is 0 Å². The minimum absolute atomic E-state index is 0.202. The van der Waals surface area contributed by atoms with Crippen molar-refractivity contribution in [3.63, 3.8) is 0 Å². The van der Waals surface area contributed by atoms with Crippen LogP contribution in [-0.4, -0.2) is 17.9 Å². The normalized spacial score (nSPS) is 22.8. The number of nitrogens with zero attached hydrogens (tertiary/aromatic N) is 1. The van der Waals surface area contributed by atoms with Crippen LogP contribution in [0, 0.1) is 5.92 Å². The van der Waals surface area contributed by atoms with Gasteiger partial charge < -0.3 is 9.53 Å². The Morgan fingerprint density at radius 2 is 2.44 bits per heavy atom. The highest BCUT2D eigenvalue weighted by Gasteiger charge is 2.38. The lowest BCUT2D eigenvalue weighted by molar-refractivity contribution is -0.108. The lowest BCUT2D eigenvalue weighted by Crippen LogP contribution is -1.97. The lowest BCUT2D eigenvalue weighted by Gasteiger charge is -2.06. The molecule has 1 aromatic rings. The second-order valence-electron chi connectivity index (χ2n) is 4.30. The molecule has 2 rings (SSSR count). The largest absolute Gasteiger partial charge is 0.492 e. The Balaban J connectivity index is 1.94. The number of hydrogen-bond acceptors (Lipinski definition) is 3. The number of ether oxygens (including phenoxy) is 1. The summed E-state index contributed by atoms with van der Waals surface area (Å²) < 4.78 is 5.58. The van der Waals surface area contributed by atoms with E-state index in [1.54, 1.807) is 6.20 Å². The van der Waals surface area contributed by atoms with Crippen molar-refractivity contribution in [3.05, 3.63) is 24.0 Å². The summed E-state index contributed by atoms with van der Waals surface area (Å²) in [4.78, 5) is 14.7. The molecule has 1 fully saturated rings. The Kier molecular flexibility index (Phi) is 3.54. The van der Waals surface area contributed by atoms with Crippen LogP contribution in [0.2, 0.25) is 0 Å². The van der Waals surface area contributed by atoms with Crippen molar-refractivity contribution in [1.29, 1.82) is 0 Å². The molecule has 86 valence electrons. The Labute approximate surface area is 95.8 Å². The second-order valence-corrected chi connectivity index (χ2v) is 4.30. The molecule has 0 aliphatic heterocycles. The van der Waals surface area contributed by atoms with Crippen LogP contribution in [0.15, 0.2) is 18.5 Å². The fraction of sp³-hybridized carbons (Fsp3) is 0.538. The van der Waals surface area contributed by atoms with E-state index in [1.807, 2.05) is 12.3 Å². The quantitative estimate of drug-likeness (QED) is 0.545. The Morgan fingerprint density at radius 1 is 1.56 bits per heavy atom. The van der Waals surface area contributed by atoms with E-state index in [1.165, 1.54) is 0 Å². The van der Waals surface area contributed by atoms with E-state index >= 15 is 0 Å². The Morgan fingerprint density at radius 3 is 3.12 bits per heavy atom. The Bertz CT molecular complexity index is 365. The fourth-order valence-electron chi connectivity index (χ4n) is 1.80. The third-order valence-corrected chi connectivity index (χ3v) is 2.94. The molecular formula is C13H17NO2. The van der Waals surface area contributed by atoms with Crippen molar-refractivity contribution < 1.29 is 9.53 Å². The van der Waals surface area contributed by atoms with Gasteiger partial charge in [-0.2, -0.15) is 0 Å². The molecule has 0 radical (unpaired) electrons. The number of carbonyl (C=O) groups excluding carboxylic acids is 1. The summed E-state index contributed by atoms with van der Waals surface area (Å²) in [5, 5.41) is 0. The summed E-state index contributed by atoms with van der Waals surface area (Å²) in [6, 6.07) is 2.01. The summed E-state index contributed by atoms with van der Waals surface area (Å²) in [6.45, 7) is 2.88. The molecular weight excluding hydrogens is 202 g/mol. The number of hydrogen-bond donors (Lipinski definition) is 0. The third kappa shape index (κ3) is 2.60. The van der Waals surface area contributed by atoms with E-state index < -0.39 is 0 Å². The summed E-state index contributed by atoms with van der Waals surface area (Å²) in [5.41, 5.74) is 1.13. The molecule has 1 heterocycles. The van der Waals surface area contributed by atoms with E-state index in [9.17, 15) is 4.79 Å². The maximum atomic E-state index is 10.6.